The highest BCUT2D eigenvalue weighted by Gasteiger charge is 2.52. The van der Waals surface area contributed by atoms with E-state index in [1.807, 2.05) is 0 Å². The van der Waals surface area contributed by atoms with E-state index in [0.717, 1.165) is 11.9 Å². The van der Waals surface area contributed by atoms with Crippen molar-refractivity contribution in [3.05, 3.63) is 47.6 Å². The third kappa shape index (κ3) is 2.39. The zero-order valence-corrected chi connectivity index (χ0v) is 13.6. The van der Waals surface area contributed by atoms with Crippen LogP contribution in [0.3, 0.4) is 0 Å². The average molecular weight is 282 g/mol. The zero-order chi connectivity index (χ0) is 15.3. The summed E-state index contributed by atoms with van der Waals surface area (Å²) in [5.74, 6) is 0. The van der Waals surface area contributed by atoms with Crippen LogP contribution in [0.1, 0.15) is 45.7 Å². The molecule has 1 aromatic carbocycles. The third-order valence-corrected chi connectivity index (χ3v) is 4.95. The van der Waals surface area contributed by atoms with Crippen molar-refractivity contribution in [1.29, 1.82) is 0 Å². The largest absolute Gasteiger partial charge is 0.495 e. The first-order valence-electron chi connectivity index (χ1n) is 7.63. The lowest BCUT2D eigenvalue weighted by Crippen LogP contribution is -2.41. The van der Waals surface area contributed by atoms with Gasteiger partial charge in [0.1, 0.15) is 0 Å². The van der Waals surface area contributed by atoms with Crippen molar-refractivity contribution in [2.24, 2.45) is 0 Å². The summed E-state index contributed by atoms with van der Waals surface area (Å²) in [4.78, 5) is 0. The first kappa shape index (κ1) is 14.6. The molecule has 1 saturated heterocycles. The Morgan fingerprint density at radius 3 is 2.38 bits per heavy atom. The SMILES string of the molecule is CC1=CC=CCc2c(B3OC(C)(C)C(C)(C)O3)cccc21. The minimum atomic E-state index is -0.300. The second-order valence-corrected chi connectivity index (χ2v) is 6.94. The van der Waals surface area contributed by atoms with E-state index in [9.17, 15) is 0 Å². The predicted molar refractivity (Wildman–Crippen MR) is 88.7 cm³/mol. The number of benzene rings is 1. The molecular formula is C18H23BO2. The maximum absolute atomic E-state index is 6.23. The smallest absolute Gasteiger partial charge is 0.399 e. The summed E-state index contributed by atoms with van der Waals surface area (Å²) in [6.45, 7) is 10.5. The van der Waals surface area contributed by atoms with Crippen molar-refractivity contribution in [3.8, 4) is 0 Å². The molecule has 1 heterocycles. The molecule has 0 saturated carbocycles. The molecule has 1 aromatic rings. The molecule has 0 unspecified atom stereocenters. The Morgan fingerprint density at radius 2 is 1.71 bits per heavy atom. The van der Waals surface area contributed by atoms with Gasteiger partial charge in [0.15, 0.2) is 0 Å². The van der Waals surface area contributed by atoms with Gasteiger partial charge in [0.25, 0.3) is 0 Å². The van der Waals surface area contributed by atoms with Gasteiger partial charge in [-0.2, -0.15) is 0 Å². The van der Waals surface area contributed by atoms with Crippen molar-refractivity contribution in [3.63, 3.8) is 0 Å². The monoisotopic (exact) mass is 282 g/mol. The third-order valence-electron chi connectivity index (χ3n) is 4.95. The number of allylic oxidation sites excluding steroid dienone is 4. The molecule has 0 spiro atoms. The van der Waals surface area contributed by atoms with Gasteiger partial charge >= 0.3 is 7.12 Å². The number of hydrogen-bond donors (Lipinski definition) is 0. The van der Waals surface area contributed by atoms with Crippen molar-refractivity contribution < 1.29 is 9.31 Å². The van der Waals surface area contributed by atoms with E-state index in [-0.39, 0.29) is 18.3 Å². The molecule has 3 heteroatoms. The normalized spacial score (nSPS) is 22.7. The summed E-state index contributed by atoms with van der Waals surface area (Å²) in [5, 5.41) is 0. The van der Waals surface area contributed by atoms with Gasteiger partial charge in [-0.3, -0.25) is 0 Å². The maximum Gasteiger partial charge on any atom is 0.495 e. The number of fused-ring (bicyclic) bond motifs is 1. The summed E-state index contributed by atoms with van der Waals surface area (Å²) < 4.78 is 12.5. The van der Waals surface area contributed by atoms with Crippen LogP contribution in [0, 0.1) is 0 Å². The van der Waals surface area contributed by atoms with E-state index in [0.29, 0.717) is 0 Å². The Kier molecular flexibility index (Phi) is 3.38. The summed E-state index contributed by atoms with van der Waals surface area (Å²) in [6.07, 6.45) is 7.41. The van der Waals surface area contributed by atoms with Gasteiger partial charge < -0.3 is 9.31 Å². The number of rotatable bonds is 1. The molecule has 21 heavy (non-hydrogen) atoms. The quantitative estimate of drug-likeness (QED) is 0.734. The maximum atomic E-state index is 6.23. The Labute approximate surface area is 128 Å². The summed E-state index contributed by atoms with van der Waals surface area (Å²) >= 11 is 0. The fourth-order valence-electron chi connectivity index (χ4n) is 2.88. The van der Waals surface area contributed by atoms with Gasteiger partial charge in [0, 0.05) is 0 Å². The molecule has 0 amide bonds. The molecule has 0 atom stereocenters. The first-order valence-corrected chi connectivity index (χ1v) is 7.63. The Bertz CT molecular complexity index is 610. The van der Waals surface area contributed by atoms with E-state index in [1.54, 1.807) is 0 Å². The Morgan fingerprint density at radius 1 is 1.05 bits per heavy atom. The van der Waals surface area contributed by atoms with Gasteiger partial charge in [-0.1, -0.05) is 36.4 Å². The lowest BCUT2D eigenvalue weighted by atomic mass is 9.73. The standard InChI is InChI=1S/C18H23BO2/c1-13-9-6-7-10-15-14(13)11-8-12-16(15)19-20-17(2,3)18(4,5)21-19/h6-9,11-12H,10H2,1-5H3. The minimum Gasteiger partial charge on any atom is -0.399 e. The molecule has 0 N–H and O–H groups in total. The molecule has 110 valence electrons. The molecular weight excluding hydrogens is 259 g/mol. The Hall–Kier alpha value is -1.32. The molecule has 2 aliphatic rings. The predicted octanol–water partition coefficient (Wildman–Crippen LogP) is 3.50. The van der Waals surface area contributed by atoms with E-state index in [2.05, 4.69) is 71.0 Å². The van der Waals surface area contributed by atoms with Crippen LogP contribution in [0.2, 0.25) is 0 Å². The fraction of sp³-hybridized carbons (Fsp3) is 0.444. The van der Waals surface area contributed by atoms with Gasteiger partial charge in [0.05, 0.1) is 11.2 Å². The lowest BCUT2D eigenvalue weighted by molar-refractivity contribution is 0.00578. The van der Waals surface area contributed by atoms with Gasteiger partial charge in [-0.15, -0.1) is 0 Å². The lowest BCUT2D eigenvalue weighted by Gasteiger charge is -2.32. The first-order chi connectivity index (χ1) is 9.82. The molecule has 1 fully saturated rings. The van der Waals surface area contributed by atoms with Crippen LogP contribution in [-0.4, -0.2) is 18.3 Å². The molecule has 0 bridgehead atoms. The topological polar surface area (TPSA) is 18.5 Å². The minimum absolute atomic E-state index is 0.288. The second kappa shape index (κ2) is 4.86. The van der Waals surface area contributed by atoms with Crippen molar-refractivity contribution in [1.82, 2.24) is 0 Å². The molecule has 3 rings (SSSR count). The van der Waals surface area contributed by atoms with E-state index in [1.165, 1.54) is 16.7 Å². The highest BCUT2D eigenvalue weighted by Crippen LogP contribution is 2.37. The highest BCUT2D eigenvalue weighted by atomic mass is 16.7. The van der Waals surface area contributed by atoms with Crippen LogP contribution in [0.15, 0.2) is 36.4 Å². The molecule has 1 aliphatic heterocycles. The van der Waals surface area contributed by atoms with Crippen LogP contribution in [0.4, 0.5) is 0 Å². The van der Waals surface area contributed by atoms with E-state index >= 15 is 0 Å². The highest BCUT2D eigenvalue weighted by molar-refractivity contribution is 6.62. The van der Waals surface area contributed by atoms with E-state index < -0.39 is 0 Å². The fourth-order valence-corrected chi connectivity index (χ4v) is 2.88. The van der Waals surface area contributed by atoms with Crippen molar-refractivity contribution in [2.75, 3.05) is 0 Å². The van der Waals surface area contributed by atoms with Gasteiger partial charge in [0.2, 0.25) is 0 Å². The van der Waals surface area contributed by atoms with Crippen LogP contribution < -0.4 is 5.46 Å². The molecule has 2 nitrogen and oxygen atoms in total. The molecule has 1 aliphatic carbocycles. The summed E-state index contributed by atoms with van der Waals surface area (Å²) in [5.41, 5.74) is 4.46. The van der Waals surface area contributed by atoms with Gasteiger partial charge in [-0.05, 0) is 63.2 Å². The molecule has 0 radical (unpaired) electrons. The van der Waals surface area contributed by atoms with Crippen LogP contribution in [0.5, 0.6) is 0 Å². The Balaban J connectivity index is 2.05. The average Bonchev–Trinajstić information content (AvgIpc) is 2.54. The zero-order valence-electron chi connectivity index (χ0n) is 13.6. The van der Waals surface area contributed by atoms with Gasteiger partial charge in [-0.25, -0.2) is 0 Å². The molecule has 0 aromatic heterocycles. The number of hydrogen-bond acceptors (Lipinski definition) is 2. The van der Waals surface area contributed by atoms with Crippen molar-refractivity contribution >= 4 is 18.2 Å². The summed E-state index contributed by atoms with van der Waals surface area (Å²) in [7, 11) is -0.288. The van der Waals surface area contributed by atoms with E-state index in [4.69, 9.17) is 9.31 Å². The van der Waals surface area contributed by atoms with Crippen LogP contribution in [0.25, 0.3) is 5.57 Å². The van der Waals surface area contributed by atoms with Crippen LogP contribution in [-0.2, 0) is 15.7 Å². The van der Waals surface area contributed by atoms with Crippen molar-refractivity contribution in [2.45, 2.75) is 52.2 Å². The van der Waals surface area contributed by atoms with Crippen LogP contribution >= 0.6 is 0 Å². The summed E-state index contributed by atoms with van der Waals surface area (Å²) in [6, 6.07) is 6.41. The second-order valence-electron chi connectivity index (χ2n) is 6.94.